The van der Waals surface area contributed by atoms with Crippen LogP contribution in [0.1, 0.15) is 33.6 Å². The van der Waals surface area contributed by atoms with Gasteiger partial charge in [-0.3, -0.25) is 10.1 Å². The minimum absolute atomic E-state index is 0.0207. The number of aliphatic hydroxyl groups excluding tert-OH is 1. The van der Waals surface area contributed by atoms with Crippen molar-refractivity contribution >= 4 is 5.78 Å². The molecule has 1 saturated heterocycles. The van der Waals surface area contributed by atoms with E-state index < -0.39 is 6.41 Å². The molecule has 0 aromatic heterocycles. The van der Waals surface area contributed by atoms with Crippen LogP contribution in [0.4, 0.5) is 0 Å². The average molecular weight is 245 g/mol. The SMILES string of the molecule is CO[C@@H](O)NC(C(C)=O)C1C[C@@H](C)O[C@@H](C)C1. The van der Waals surface area contributed by atoms with Crippen molar-refractivity contribution in [3.8, 4) is 0 Å². The van der Waals surface area contributed by atoms with Crippen LogP contribution in [0.5, 0.6) is 0 Å². The molecule has 17 heavy (non-hydrogen) atoms. The van der Waals surface area contributed by atoms with Gasteiger partial charge >= 0.3 is 0 Å². The van der Waals surface area contributed by atoms with Gasteiger partial charge in [-0.05, 0) is 39.5 Å². The number of carbonyl (C=O) groups is 1. The van der Waals surface area contributed by atoms with Gasteiger partial charge in [-0.2, -0.15) is 0 Å². The fourth-order valence-electron chi connectivity index (χ4n) is 2.54. The van der Waals surface area contributed by atoms with Crippen LogP contribution in [0.25, 0.3) is 0 Å². The maximum atomic E-state index is 11.6. The molecular weight excluding hydrogens is 222 g/mol. The van der Waals surface area contributed by atoms with E-state index in [1.165, 1.54) is 14.0 Å². The number of rotatable bonds is 5. The maximum Gasteiger partial charge on any atom is 0.213 e. The Bertz CT molecular complexity index is 249. The number of hydrogen-bond acceptors (Lipinski definition) is 5. The van der Waals surface area contributed by atoms with E-state index in [1.807, 2.05) is 13.8 Å². The molecule has 2 N–H and O–H groups in total. The van der Waals surface area contributed by atoms with Crippen molar-refractivity contribution < 1.29 is 19.4 Å². The first-order valence-electron chi connectivity index (χ1n) is 6.06. The zero-order chi connectivity index (χ0) is 13.0. The van der Waals surface area contributed by atoms with Crippen LogP contribution in [0.15, 0.2) is 0 Å². The molecule has 1 rings (SSSR count). The van der Waals surface area contributed by atoms with Crippen LogP contribution in [0, 0.1) is 5.92 Å². The average Bonchev–Trinajstić information content (AvgIpc) is 2.23. The van der Waals surface area contributed by atoms with Gasteiger partial charge in [0.15, 0.2) is 0 Å². The standard InChI is InChI=1S/C12H23NO4/c1-7-5-10(6-8(2)17-7)11(9(3)14)13-12(15)16-4/h7-8,10-13,15H,5-6H2,1-4H3/t7-,8+,10?,11?,12-/m1/s1. The minimum Gasteiger partial charge on any atom is -0.376 e. The molecule has 5 atom stereocenters. The molecule has 0 bridgehead atoms. The zero-order valence-corrected chi connectivity index (χ0v) is 11.0. The van der Waals surface area contributed by atoms with Crippen molar-refractivity contribution in [3.63, 3.8) is 0 Å². The van der Waals surface area contributed by atoms with E-state index in [9.17, 15) is 9.90 Å². The summed E-state index contributed by atoms with van der Waals surface area (Å²) >= 11 is 0. The molecule has 5 nitrogen and oxygen atoms in total. The quantitative estimate of drug-likeness (QED) is 0.696. The lowest BCUT2D eigenvalue weighted by Gasteiger charge is -2.36. The Kier molecular flexibility index (Phi) is 5.52. The molecule has 0 aromatic carbocycles. The van der Waals surface area contributed by atoms with E-state index in [0.29, 0.717) is 0 Å². The fourth-order valence-corrected chi connectivity index (χ4v) is 2.54. The third-order valence-electron chi connectivity index (χ3n) is 3.19. The first kappa shape index (κ1) is 14.6. The number of aliphatic hydroxyl groups is 1. The van der Waals surface area contributed by atoms with Crippen LogP contribution in [0.3, 0.4) is 0 Å². The number of Topliss-reactive ketones (excluding diaryl/α,β-unsaturated/α-hetero) is 1. The van der Waals surface area contributed by atoms with Crippen LogP contribution in [-0.4, -0.2) is 42.7 Å². The van der Waals surface area contributed by atoms with Crippen LogP contribution < -0.4 is 5.32 Å². The number of methoxy groups -OCH3 is 1. The summed E-state index contributed by atoms with van der Waals surface area (Å²) in [7, 11) is 1.39. The molecule has 0 saturated carbocycles. The summed E-state index contributed by atoms with van der Waals surface area (Å²) in [4.78, 5) is 11.6. The summed E-state index contributed by atoms with van der Waals surface area (Å²) in [6, 6.07) is -0.376. The van der Waals surface area contributed by atoms with E-state index >= 15 is 0 Å². The van der Waals surface area contributed by atoms with E-state index in [4.69, 9.17) is 9.47 Å². The molecule has 0 aromatic rings. The smallest absolute Gasteiger partial charge is 0.213 e. The van der Waals surface area contributed by atoms with Gasteiger partial charge < -0.3 is 14.6 Å². The summed E-state index contributed by atoms with van der Waals surface area (Å²) in [6.45, 7) is 5.55. The van der Waals surface area contributed by atoms with Crippen LogP contribution in [0.2, 0.25) is 0 Å². The number of hydrogen-bond donors (Lipinski definition) is 2. The first-order chi connectivity index (χ1) is 7.93. The fraction of sp³-hybridized carbons (Fsp3) is 0.917. The van der Waals surface area contributed by atoms with Gasteiger partial charge in [-0.1, -0.05) is 0 Å². The van der Waals surface area contributed by atoms with Crippen molar-refractivity contribution in [2.24, 2.45) is 5.92 Å². The Hall–Kier alpha value is -0.490. The second kappa shape index (κ2) is 6.44. The number of nitrogens with one attached hydrogen (secondary N) is 1. The lowest BCUT2D eigenvalue weighted by Crippen LogP contribution is -2.50. The summed E-state index contributed by atoms with van der Waals surface area (Å²) in [5.74, 6) is 0.198. The third-order valence-corrected chi connectivity index (χ3v) is 3.19. The molecule has 2 unspecified atom stereocenters. The summed E-state index contributed by atoms with van der Waals surface area (Å²) in [5.41, 5.74) is 0. The van der Waals surface area contributed by atoms with Crippen molar-refractivity contribution in [3.05, 3.63) is 0 Å². The van der Waals surface area contributed by atoms with E-state index in [-0.39, 0.29) is 30.0 Å². The topological polar surface area (TPSA) is 67.8 Å². The maximum absolute atomic E-state index is 11.6. The van der Waals surface area contributed by atoms with E-state index in [2.05, 4.69) is 5.32 Å². The van der Waals surface area contributed by atoms with Gasteiger partial charge in [0.05, 0.1) is 18.2 Å². The molecule has 0 radical (unpaired) electrons. The largest absolute Gasteiger partial charge is 0.376 e. The Balaban J connectivity index is 2.66. The normalized spacial score (nSPS) is 33.1. The molecular formula is C12H23NO4. The molecule has 1 fully saturated rings. The summed E-state index contributed by atoms with van der Waals surface area (Å²) in [6.07, 6.45) is 0.826. The van der Waals surface area contributed by atoms with Crippen molar-refractivity contribution in [1.82, 2.24) is 5.32 Å². The molecule has 1 aliphatic heterocycles. The molecule has 0 spiro atoms. The monoisotopic (exact) mass is 245 g/mol. The molecule has 1 heterocycles. The number of ether oxygens (including phenoxy) is 2. The zero-order valence-electron chi connectivity index (χ0n) is 11.0. The van der Waals surface area contributed by atoms with Gasteiger partial charge in [0.25, 0.3) is 0 Å². The predicted molar refractivity (Wildman–Crippen MR) is 63.4 cm³/mol. The second-order valence-electron chi connectivity index (χ2n) is 4.83. The van der Waals surface area contributed by atoms with Crippen molar-refractivity contribution in [1.29, 1.82) is 0 Å². The molecule has 0 amide bonds. The summed E-state index contributed by atoms with van der Waals surface area (Å²) in [5, 5.41) is 12.2. The van der Waals surface area contributed by atoms with Crippen LogP contribution in [-0.2, 0) is 14.3 Å². The second-order valence-corrected chi connectivity index (χ2v) is 4.83. The molecule has 100 valence electrons. The molecule has 0 aliphatic carbocycles. The van der Waals surface area contributed by atoms with Gasteiger partial charge in [-0.25, -0.2) is 0 Å². The molecule has 1 aliphatic rings. The van der Waals surface area contributed by atoms with Gasteiger partial charge in [0.2, 0.25) is 6.41 Å². The van der Waals surface area contributed by atoms with Crippen LogP contribution >= 0.6 is 0 Å². The Morgan fingerprint density at radius 3 is 2.35 bits per heavy atom. The lowest BCUT2D eigenvalue weighted by molar-refractivity contribution is -0.138. The first-order valence-corrected chi connectivity index (χ1v) is 6.06. The molecule has 5 heteroatoms. The number of carbonyl (C=O) groups excluding carboxylic acids is 1. The Morgan fingerprint density at radius 2 is 1.94 bits per heavy atom. The number of ketones is 1. The van der Waals surface area contributed by atoms with Crippen molar-refractivity contribution in [2.45, 2.75) is 58.3 Å². The Labute approximate surface area is 102 Å². The highest BCUT2D eigenvalue weighted by atomic mass is 16.6. The highest BCUT2D eigenvalue weighted by molar-refractivity contribution is 5.81. The minimum atomic E-state index is -1.10. The van der Waals surface area contributed by atoms with Gasteiger partial charge in [0.1, 0.15) is 5.78 Å². The van der Waals surface area contributed by atoms with Gasteiger partial charge in [0, 0.05) is 7.11 Å². The lowest BCUT2D eigenvalue weighted by atomic mass is 9.84. The van der Waals surface area contributed by atoms with Gasteiger partial charge in [-0.15, -0.1) is 0 Å². The highest BCUT2D eigenvalue weighted by Gasteiger charge is 2.33. The third kappa shape index (κ3) is 4.35. The van der Waals surface area contributed by atoms with E-state index in [0.717, 1.165) is 12.8 Å². The van der Waals surface area contributed by atoms with Crippen molar-refractivity contribution in [2.75, 3.05) is 7.11 Å². The summed E-state index contributed by atoms with van der Waals surface area (Å²) < 4.78 is 10.4. The Morgan fingerprint density at radius 1 is 1.41 bits per heavy atom. The highest BCUT2D eigenvalue weighted by Crippen LogP contribution is 2.27. The van der Waals surface area contributed by atoms with E-state index in [1.54, 1.807) is 0 Å². The predicted octanol–water partition coefficient (Wildman–Crippen LogP) is 0.659.